The first-order chi connectivity index (χ1) is 13.7. The van der Waals surface area contributed by atoms with Crippen LogP contribution < -0.4 is 5.73 Å². The average molecular weight is 469 g/mol. The first kappa shape index (κ1) is 28.7. The number of rotatable bonds is 18. The maximum atomic E-state index is 6.67. The van der Waals surface area contributed by atoms with Crippen LogP contribution in [0.3, 0.4) is 0 Å². The summed E-state index contributed by atoms with van der Waals surface area (Å²) in [6, 6.07) is 8.88. The molecule has 0 saturated heterocycles. The van der Waals surface area contributed by atoms with E-state index >= 15 is 0 Å². The molecular formula is C27H50BrN. The van der Waals surface area contributed by atoms with E-state index in [1.807, 2.05) is 0 Å². The number of unbranched alkanes of at least 4 members (excludes halogenated alkanes) is 13. The minimum Gasteiger partial charge on any atom is -0.321 e. The van der Waals surface area contributed by atoms with E-state index < -0.39 is 0 Å². The SMILES string of the molecule is Br.CCCCCCCCCCCCCCCCc1ccccc1C(N)(CC)CC. The summed E-state index contributed by atoms with van der Waals surface area (Å²) in [5.41, 5.74) is 9.39. The Morgan fingerprint density at radius 1 is 0.621 bits per heavy atom. The highest BCUT2D eigenvalue weighted by molar-refractivity contribution is 8.93. The second kappa shape index (κ2) is 18.4. The number of hydrogen-bond donors (Lipinski definition) is 1. The van der Waals surface area contributed by atoms with Crippen molar-refractivity contribution in [3.63, 3.8) is 0 Å². The average Bonchev–Trinajstić information content (AvgIpc) is 2.73. The van der Waals surface area contributed by atoms with Gasteiger partial charge in [0.25, 0.3) is 0 Å². The number of benzene rings is 1. The zero-order valence-electron chi connectivity index (χ0n) is 19.8. The van der Waals surface area contributed by atoms with Crippen LogP contribution >= 0.6 is 17.0 Å². The van der Waals surface area contributed by atoms with Crippen molar-refractivity contribution in [2.24, 2.45) is 5.73 Å². The summed E-state index contributed by atoms with van der Waals surface area (Å²) in [6.07, 6.45) is 23.1. The number of hydrogen-bond acceptors (Lipinski definition) is 1. The van der Waals surface area contributed by atoms with E-state index in [4.69, 9.17) is 5.73 Å². The molecule has 29 heavy (non-hydrogen) atoms. The van der Waals surface area contributed by atoms with E-state index in [1.165, 1.54) is 107 Å². The third kappa shape index (κ3) is 12.2. The molecule has 1 rings (SSSR count). The molecule has 0 aliphatic heterocycles. The van der Waals surface area contributed by atoms with Gasteiger partial charge in [0.2, 0.25) is 0 Å². The van der Waals surface area contributed by atoms with Gasteiger partial charge in [-0.2, -0.15) is 0 Å². The summed E-state index contributed by atoms with van der Waals surface area (Å²) in [5, 5.41) is 0. The second-order valence-corrected chi connectivity index (χ2v) is 8.87. The molecule has 1 nitrogen and oxygen atoms in total. The Bertz CT molecular complexity index is 481. The minimum absolute atomic E-state index is 0. The molecule has 1 aromatic rings. The summed E-state index contributed by atoms with van der Waals surface area (Å²) in [7, 11) is 0. The van der Waals surface area contributed by atoms with E-state index in [-0.39, 0.29) is 22.5 Å². The van der Waals surface area contributed by atoms with Crippen LogP contribution in [-0.4, -0.2) is 0 Å². The van der Waals surface area contributed by atoms with E-state index in [0.29, 0.717) is 0 Å². The molecule has 2 N–H and O–H groups in total. The lowest BCUT2D eigenvalue weighted by molar-refractivity contribution is 0.408. The third-order valence-electron chi connectivity index (χ3n) is 6.62. The Morgan fingerprint density at radius 2 is 1.03 bits per heavy atom. The number of aryl methyl sites for hydroxylation is 1. The summed E-state index contributed by atoms with van der Waals surface area (Å²) in [6.45, 7) is 6.72. The standard InChI is InChI=1S/C27H49N.BrH/c1-4-7-8-9-10-11-12-13-14-15-16-17-18-19-22-25-23-20-21-24-26(25)27(28,5-2)6-3;/h20-21,23-24H,4-19,22,28H2,1-3H3;1H. The Morgan fingerprint density at radius 3 is 1.48 bits per heavy atom. The lowest BCUT2D eigenvalue weighted by Crippen LogP contribution is -2.36. The zero-order chi connectivity index (χ0) is 20.5. The predicted molar refractivity (Wildman–Crippen MR) is 137 cm³/mol. The first-order valence-electron chi connectivity index (χ1n) is 12.5. The Labute approximate surface area is 193 Å². The van der Waals surface area contributed by atoms with Crippen molar-refractivity contribution in [2.45, 2.75) is 135 Å². The highest BCUT2D eigenvalue weighted by Crippen LogP contribution is 2.29. The largest absolute Gasteiger partial charge is 0.321 e. The summed E-state index contributed by atoms with van der Waals surface area (Å²) in [4.78, 5) is 0. The molecule has 0 amide bonds. The molecule has 1 aromatic carbocycles. The van der Waals surface area contributed by atoms with Gasteiger partial charge in [-0.05, 0) is 36.8 Å². The van der Waals surface area contributed by atoms with Gasteiger partial charge in [0, 0.05) is 5.54 Å². The monoisotopic (exact) mass is 467 g/mol. The molecule has 0 radical (unpaired) electrons. The second-order valence-electron chi connectivity index (χ2n) is 8.87. The summed E-state index contributed by atoms with van der Waals surface area (Å²) >= 11 is 0. The van der Waals surface area contributed by atoms with Crippen molar-refractivity contribution in [3.05, 3.63) is 35.4 Å². The third-order valence-corrected chi connectivity index (χ3v) is 6.62. The van der Waals surface area contributed by atoms with Crippen LogP contribution in [0.5, 0.6) is 0 Å². The molecule has 170 valence electrons. The van der Waals surface area contributed by atoms with Gasteiger partial charge in [-0.15, -0.1) is 17.0 Å². The van der Waals surface area contributed by atoms with Crippen LogP contribution in [0.15, 0.2) is 24.3 Å². The van der Waals surface area contributed by atoms with Gasteiger partial charge >= 0.3 is 0 Å². The molecule has 0 fully saturated rings. The summed E-state index contributed by atoms with van der Waals surface area (Å²) in [5.74, 6) is 0. The Kier molecular flexibility index (Phi) is 18.2. The van der Waals surface area contributed by atoms with Gasteiger partial charge in [0.15, 0.2) is 0 Å². The molecule has 0 atom stereocenters. The van der Waals surface area contributed by atoms with Crippen molar-refractivity contribution >= 4 is 17.0 Å². The van der Waals surface area contributed by atoms with Gasteiger partial charge in [0.05, 0.1) is 0 Å². The molecule has 0 bridgehead atoms. The minimum atomic E-state index is -0.146. The predicted octanol–water partition coefficient (Wildman–Crippen LogP) is 9.26. The molecule has 0 aliphatic rings. The van der Waals surface area contributed by atoms with Crippen molar-refractivity contribution < 1.29 is 0 Å². The van der Waals surface area contributed by atoms with Gasteiger partial charge in [-0.25, -0.2) is 0 Å². The van der Waals surface area contributed by atoms with Crippen molar-refractivity contribution in [2.75, 3.05) is 0 Å². The van der Waals surface area contributed by atoms with Gasteiger partial charge in [-0.3, -0.25) is 0 Å². The smallest absolute Gasteiger partial charge is 0.0407 e. The Hall–Kier alpha value is -0.340. The normalized spacial score (nSPS) is 11.4. The summed E-state index contributed by atoms with van der Waals surface area (Å²) < 4.78 is 0. The van der Waals surface area contributed by atoms with Crippen LogP contribution in [0.4, 0.5) is 0 Å². The quantitative estimate of drug-likeness (QED) is 0.213. The maximum absolute atomic E-state index is 6.67. The van der Waals surface area contributed by atoms with Gasteiger partial charge in [0.1, 0.15) is 0 Å². The number of halogens is 1. The van der Waals surface area contributed by atoms with Crippen LogP contribution in [-0.2, 0) is 12.0 Å². The van der Waals surface area contributed by atoms with Gasteiger partial charge < -0.3 is 5.73 Å². The zero-order valence-corrected chi connectivity index (χ0v) is 21.5. The fourth-order valence-corrected chi connectivity index (χ4v) is 4.36. The lowest BCUT2D eigenvalue weighted by atomic mass is 9.82. The van der Waals surface area contributed by atoms with E-state index in [0.717, 1.165) is 12.8 Å². The molecule has 0 aliphatic carbocycles. The van der Waals surface area contributed by atoms with Crippen LogP contribution in [0.2, 0.25) is 0 Å². The topological polar surface area (TPSA) is 26.0 Å². The van der Waals surface area contributed by atoms with Crippen LogP contribution in [0.25, 0.3) is 0 Å². The van der Waals surface area contributed by atoms with Crippen LogP contribution in [0.1, 0.15) is 135 Å². The van der Waals surface area contributed by atoms with E-state index in [1.54, 1.807) is 0 Å². The lowest BCUT2D eigenvalue weighted by Gasteiger charge is -2.29. The molecule has 0 unspecified atom stereocenters. The first-order valence-corrected chi connectivity index (χ1v) is 12.5. The maximum Gasteiger partial charge on any atom is 0.0407 e. The molecule has 2 heteroatoms. The molecular weight excluding hydrogens is 418 g/mol. The molecule has 0 spiro atoms. The fraction of sp³-hybridized carbons (Fsp3) is 0.778. The number of nitrogens with two attached hydrogens (primary N) is 1. The van der Waals surface area contributed by atoms with Crippen molar-refractivity contribution in [3.8, 4) is 0 Å². The Balaban J connectivity index is 0.00000784. The van der Waals surface area contributed by atoms with Crippen molar-refractivity contribution in [1.29, 1.82) is 0 Å². The highest BCUT2D eigenvalue weighted by atomic mass is 79.9. The van der Waals surface area contributed by atoms with Gasteiger partial charge in [-0.1, -0.05) is 129 Å². The molecule has 0 heterocycles. The molecule has 0 saturated carbocycles. The fourth-order valence-electron chi connectivity index (χ4n) is 4.36. The van der Waals surface area contributed by atoms with Crippen molar-refractivity contribution in [1.82, 2.24) is 0 Å². The highest BCUT2D eigenvalue weighted by Gasteiger charge is 2.24. The van der Waals surface area contributed by atoms with Crippen LogP contribution in [0, 0.1) is 0 Å². The van der Waals surface area contributed by atoms with E-state index in [2.05, 4.69) is 45.0 Å². The van der Waals surface area contributed by atoms with E-state index in [9.17, 15) is 0 Å². The molecule has 0 aromatic heterocycles.